The second-order valence-electron chi connectivity index (χ2n) is 4.76. The number of esters is 1. The van der Waals surface area contributed by atoms with Crippen LogP contribution in [0, 0.1) is 0 Å². The lowest BCUT2D eigenvalue weighted by Crippen LogP contribution is -2.37. The van der Waals surface area contributed by atoms with Crippen LogP contribution in [0.3, 0.4) is 0 Å². The molecule has 23 heavy (non-hydrogen) atoms. The number of carbonyl (C=O) groups is 1. The van der Waals surface area contributed by atoms with E-state index in [0.717, 1.165) is 24.5 Å². The molecule has 2 N–H and O–H groups in total. The quantitative estimate of drug-likeness (QED) is 0.418. The van der Waals surface area contributed by atoms with E-state index in [1.165, 1.54) is 0 Å². The van der Waals surface area contributed by atoms with Gasteiger partial charge in [-0.05, 0) is 31.2 Å². The average molecular weight is 356 g/mol. The van der Waals surface area contributed by atoms with Gasteiger partial charge in [0, 0.05) is 12.5 Å². The van der Waals surface area contributed by atoms with E-state index in [4.69, 9.17) is 4.74 Å². The van der Waals surface area contributed by atoms with Gasteiger partial charge < -0.3 is 14.9 Å². The Morgan fingerprint density at radius 2 is 1.70 bits per heavy atom. The first-order valence-electron chi connectivity index (χ1n) is 6.60. The van der Waals surface area contributed by atoms with Gasteiger partial charge in [-0.25, -0.2) is 4.79 Å². The summed E-state index contributed by atoms with van der Waals surface area (Å²) in [7, 11) is 0. The molecule has 0 amide bonds. The molecule has 0 fully saturated rings. The van der Waals surface area contributed by atoms with Crippen LogP contribution < -0.4 is 0 Å². The highest BCUT2D eigenvalue weighted by Crippen LogP contribution is 2.44. The highest BCUT2D eigenvalue weighted by Gasteiger charge is 2.54. The van der Waals surface area contributed by atoms with Gasteiger partial charge in [0.2, 0.25) is 0 Å². The van der Waals surface area contributed by atoms with Crippen molar-refractivity contribution in [1.82, 2.24) is 0 Å². The van der Waals surface area contributed by atoms with Gasteiger partial charge in [0.1, 0.15) is 11.5 Å². The van der Waals surface area contributed by atoms with Crippen LogP contribution in [0.5, 0.6) is 11.5 Å². The summed E-state index contributed by atoms with van der Waals surface area (Å²) in [5.41, 5.74) is -0.109. The molecule has 0 saturated carbocycles. The van der Waals surface area contributed by atoms with E-state index in [9.17, 15) is 32.6 Å². The summed E-state index contributed by atoms with van der Waals surface area (Å²) < 4.78 is 57.1. The van der Waals surface area contributed by atoms with E-state index in [0.29, 0.717) is 0 Å². The number of hydrogen-bond acceptors (Lipinski definition) is 5. The number of ether oxygens (including phenoxy) is 1. The van der Waals surface area contributed by atoms with E-state index in [1.54, 1.807) is 0 Å². The Balaban J connectivity index is 2.39. The largest absolute Gasteiger partial charge is 0.508 e. The molecule has 0 radical (unpaired) electrons. The summed E-state index contributed by atoms with van der Waals surface area (Å²) in [5.74, 6) is -5.67. The molecule has 0 atom stereocenters. The van der Waals surface area contributed by atoms with Crippen LogP contribution in [0.2, 0.25) is 0 Å². The SMILES string of the molecule is CSC(F)(F)C(F)(F)CCCCOC(=O)c1cc(O)cc(O)c1. The molecule has 1 aromatic rings. The normalized spacial score (nSPS) is 12.2. The lowest BCUT2D eigenvalue weighted by Gasteiger charge is -2.24. The summed E-state index contributed by atoms with van der Waals surface area (Å²) in [6, 6.07) is 3.15. The van der Waals surface area contributed by atoms with Crippen molar-refractivity contribution in [2.45, 2.75) is 30.4 Å². The minimum absolute atomic E-state index is 0.0173. The number of halogens is 4. The molecule has 0 saturated heterocycles. The number of carbonyl (C=O) groups excluding carboxylic acids is 1. The second kappa shape index (κ2) is 7.76. The van der Waals surface area contributed by atoms with Crippen LogP contribution in [-0.4, -0.2) is 40.2 Å². The smallest absolute Gasteiger partial charge is 0.355 e. The topological polar surface area (TPSA) is 66.8 Å². The Hall–Kier alpha value is -1.64. The molecule has 0 bridgehead atoms. The molecule has 0 spiro atoms. The number of benzene rings is 1. The van der Waals surface area contributed by atoms with Gasteiger partial charge in [-0.15, -0.1) is 0 Å². The van der Waals surface area contributed by atoms with E-state index in [-0.39, 0.29) is 48.3 Å². The van der Waals surface area contributed by atoms with E-state index < -0.39 is 23.6 Å². The minimum atomic E-state index is -4.14. The Morgan fingerprint density at radius 3 is 2.22 bits per heavy atom. The monoisotopic (exact) mass is 356 g/mol. The van der Waals surface area contributed by atoms with Gasteiger partial charge in [0.15, 0.2) is 0 Å². The van der Waals surface area contributed by atoms with E-state index in [2.05, 4.69) is 0 Å². The molecule has 1 aromatic carbocycles. The Bertz CT molecular complexity index is 531. The standard InChI is InChI=1S/C14H16F4O4S/c1-23-14(17,18)13(15,16)4-2-3-5-22-12(21)9-6-10(19)8-11(20)7-9/h6-8,19-20H,2-5H2,1H3. The first-order valence-corrected chi connectivity index (χ1v) is 7.82. The van der Waals surface area contributed by atoms with Gasteiger partial charge in [0.05, 0.1) is 12.2 Å². The van der Waals surface area contributed by atoms with Crippen LogP contribution in [0.4, 0.5) is 17.6 Å². The van der Waals surface area contributed by atoms with Crippen molar-refractivity contribution in [3.63, 3.8) is 0 Å². The maximum Gasteiger partial charge on any atom is 0.355 e. The third kappa shape index (κ3) is 5.49. The fourth-order valence-electron chi connectivity index (χ4n) is 1.71. The number of phenols is 2. The van der Waals surface area contributed by atoms with Crippen molar-refractivity contribution in [1.29, 1.82) is 0 Å². The van der Waals surface area contributed by atoms with Crippen molar-refractivity contribution in [2.75, 3.05) is 12.9 Å². The molecule has 9 heteroatoms. The van der Waals surface area contributed by atoms with Crippen molar-refractivity contribution >= 4 is 17.7 Å². The molecule has 130 valence electrons. The van der Waals surface area contributed by atoms with Crippen LogP contribution in [0.15, 0.2) is 18.2 Å². The molecule has 1 rings (SSSR count). The zero-order valence-corrected chi connectivity index (χ0v) is 13.0. The van der Waals surface area contributed by atoms with Gasteiger partial charge in [0.25, 0.3) is 0 Å². The highest BCUT2D eigenvalue weighted by atomic mass is 32.2. The Morgan fingerprint density at radius 1 is 1.13 bits per heavy atom. The zero-order chi connectivity index (χ0) is 17.7. The highest BCUT2D eigenvalue weighted by molar-refractivity contribution is 7.99. The fraction of sp³-hybridized carbons (Fsp3) is 0.500. The number of phenolic OH excluding ortho intramolecular Hbond substituents is 2. The van der Waals surface area contributed by atoms with E-state index in [1.807, 2.05) is 0 Å². The molecular formula is C14H16F4O4S. The third-order valence-corrected chi connectivity index (χ3v) is 3.75. The summed E-state index contributed by atoms with van der Waals surface area (Å²) in [6.07, 6.45) is -0.385. The molecule has 0 aliphatic rings. The van der Waals surface area contributed by atoms with Crippen LogP contribution in [-0.2, 0) is 4.74 Å². The van der Waals surface area contributed by atoms with Crippen molar-refractivity contribution < 1.29 is 37.3 Å². The lowest BCUT2D eigenvalue weighted by molar-refractivity contribution is -0.156. The summed E-state index contributed by atoms with van der Waals surface area (Å²) >= 11 is -0.213. The number of rotatable bonds is 8. The second-order valence-corrected chi connectivity index (χ2v) is 5.68. The molecule has 4 nitrogen and oxygen atoms in total. The zero-order valence-electron chi connectivity index (χ0n) is 12.2. The maximum atomic E-state index is 13.2. The predicted molar refractivity (Wildman–Crippen MR) is 77.3 cm³/mol. The predicted octanol–water partition coefficient (Wildman–Crippen LogP) is 4.02. The first-order chi connectivity index (χ1) is 10.6. The van der Waals surface area contributed by atoms with Crippen molar-refractivity contribution in [3.8, 4) is 11.5 Å². The Labute approximate surface area is 134 Å². The Kier molecular flexibility index (Phi) is 6.55. The van der Waals surface area contributed by atoms with Crippen LogP contribution in [0.1, 0.15) is 29.6 Å². The molecule has 0 unspecified atom stereocenters. The summed E-state index contributed by atoms with van der Waals surface area (Å²) in [4.78, 5) is 11.6. The third-order valence-electron chi connectivity index (χ3n) is 2.94. The molecule has 0 aromatic heterocycles. The number of hydrogen-bond donors (Lipinski definition) is 2. The lowest BCUT2D eigenvalue weighted by atomic mass is 10.1. The van der Waals surface area contributed by atoms with Gasteiger partial charge in [-0.3, -0.25) is 0 Å². The van der Waals surface area contributed by atoms with Crippen molar-refractivity contribution in [2.24, 2.45) is 0 Å². The maximum absolute atomic E-state index is 13.2. The summed E-state index contributed by atoms with van der Waals surface area (Å²) in [5, 5.41) is 14.3. The fourth-order valence-corrected chi connectivity index (χ4v) is 2.11. The molecule has 0 aliphatic heterocycles. The minimum Gasteiger partial charge on any atom is -0.508 e. The average Bonchev–Trinajstić information content (AvgIpc) is 2.45. The van der Waals surface area contributed by atoms with Crippen LogP contribution >= 0.6 is 11.8 Å². The molecule has 0 heterocycles. The number of unbranched alkanes of at least 4 members (excludes halogenated alkanes) is 1. The van der Waals surface area contributed by atoms with Crippen molar-refractivity contribution in [3.05, 3.63) is 23.8 Å². The van der Waals surface area contributed by atoms with Gasteiger partial charge >= 0.3 is 17.1 Å². The molecule has 0 aliphatic carbocycles. The van der Waals surface area contributed by atoms with E-state index >= 15 is 0 Å². The van der Waals surface area contributed by atoms with Gasteiger partial charge in [-0.1, -0.05) is 11.8 Å². The first kappa shape index (κ1) is 19.4. The number of alkyl halides is 4. The van der Waals surface area contributed by atoms with Gasteiger partial charge in [-0.2, -0.15) is 17.6 Å². The van der Waals surface area contributed by atoms with Crippen LogP contribution in [0.25, 0.3) is 0 Å². The number of thioether (sulfide) groups is 1. The summed E-state index contributed by atoms with van der Waals surface area (Å²) in [6.45, 7) is -0.240. The molecular weight excluding hydrogens is 340 g/mol. The number of aromatic hydroxyl groups is 2.